The third kappa shape index (κ3) is 4.00. The van der Waals surface area contributed by atoms with E-state index in [1.165, 1.54) is 23.0 Å². The molecule has 3 rings (SSSR count). The first-order valence-electron chi connectivity index (χ1n) is 8.09. The largest absolute Gasteiger partial charge is 0.471 e. The number of carbonyl (C=O) groups is 1. The van der Waals surface area contributed by atoms with Gasteiger partial charge in [0.05, 0.1) is 11.2 Å². The average molecular weight is 395 g/mol. The zero-order valence-corrected chi connectivity index (χ0v) is 15.4. The van der Waals surface area contributed by atoms with Gasteiger partial charge in [0.2, 0.25) is 5.82 Å². The van der Waals surface area contributed by atoms with Crippen LogP contribution in [0.5, 0.6) is 0 Å². The molecule has 0 fully saturated rings. The third-order valence-electron chi connectivity index (χ3n) is 3.49. The van der Waals surface area contributed by atoms with Gasteiger partial charge in [0, 0.05) is 0 Å². The first kappa shape index (κ1) is 19.5. The van der Waals surface area contributed by atoms with Crippen LogP contribution in [-0.4, -0.2) is 36.0 Å². The number of pyridine rings is 1. The second-order valence-electron chi connectivity index (χ2n) is 6.88. The van der Waals surface area contributed by atoms with Crippen molar-refractivity contribution in [2.75, 3.05) is 5.32 Å². The fraction of sp³-hybridized carbons (Fsp3) is 0.375. The topological polar surface area (TPSA) is 112 Å². The van der Waals surface area contributed by atoms with Crippen molar-refractivity contribution in [2.24, 2.45) is 0 Å². The van der Waals surface area contributed by atoms with Crippen LogP contribution in [-0.2, 0) is 11.7 Å². The summed E-state index contributed by atoms with van der Waals surface area (Å²) in [5, 5.41) is 14.2. The van der Waals surface area contributed by atoms with E-state index in [1.807, 2.05) is 20.8 Å². The lowest BCUT2D eigenvalue weighted by Crippen LogP contribution is -2.25. The molecule has 3 aromatic rings. The SMILES string of the molecule is Cc1nn(C(C)(C)C)nc1C(=O)Nc1cccc(-c2noc(C(F)(F)F)n2)n1. The van der Waals surface area contributed by atoms with Crippen molar-refractivity contribution in [1.29, 1.82) is 0 Å². The molecular formula is C16H16F3N7O2. The Morgan fingerprint density at radius 1 is 1.14 bits per heavy atom. The minimum Gasteiger partial charge on any atom is -0.329 e. The fourth-order valence-electron chi connectivity index (χ4n) is 2.14. The lowest BCUT2D eigenvalue weighted by Gasteiger charge is -2.16. The summed E-state index contributed by atoms with van der Waals surface area (Å²) in [5.74, 6) is -2.29. The van der Waals surface area contributed by atoms with Crippen molar-refractivity contribution in [3.63, 3.8) is 0 Å². The number of alkyl halides is 3. The Morgan fingerprint density at radius 2 is 1.86 bits per heavy atom. The van der Waals surface area contributed by atoms with E-state index >= 15 is 0 Å². The molecular weight excluding hydrogens is 379 g/mol. The molecule has 0 aliphatic heterocycles. The van der Waals surface area contributed by atoms with Crippen LogP contribution < -0.4 is 5.32 Å². The summed E-state index contributed by atoms with van der Waals surface area (Å²) in [6.07, 6.45) is -4.76. The van der Waals surface area contributed by atoms with Crippen LogP contribution in [0, 0.1) is 6.92 Å². The first-order chi connectivity index (χ1) is 12.9. The summed E-state index contributed by atoms with van der Waals surface area (Å²) < 4.78 is 42.0. The summed E-state index contributed by atoms with van der Waals surface area (Å²) in [6, 6.07) is 4.35. The highest BCUT2D eigenvalue weighted by molar-refractivity contribution is 6.03. The maximum absolute atomic E-state index is 12.6. The van der Waals surface area contributed by atoms with Gasteiger partial charge >= 0.3 is 12.1 Å². The van der Waals surface area contributed by atoms with E-state index in [4.69, 9.17) is 0 Å². The molecule has 0 radical (unpaired) electrons. The smallest absolute Gasteiger partial charge is 0.329 e. The zero-order chi connectivity index (χ0) is 20.7. The Kier molecular flexibility index (Phi) is 4.65. The van der Waals surface area contributed by atoms with E-state index in [0.29, 0.717) is 5.69 Å². The molecule has 0 bridgehead atoms. The number of hydrogen-bond acceptors (Lipinski definition) is 7. The molecule has 0 aromatic carbocycles. The molecule has 0 saturated heterocycles. The predicted molar refractivity (Wildman–Crippen MR) is 90.2 cm³/mol. The van der Waals surface area contributed by atoms with E-state index in [-0.39, 0.29) is 23.0 Å². The number of carbonyl (C=O) groups excluding carboxylic acids is 1. The minimum absolute atomic E-state index is 0.00659. The average Bonchev–Trinajstić information content (AvgIpc) is 3.21. The quantitative estimate of drug-likeness (QED) is 0.725. The van der Waals surface area contributed by atoms with Crippen molar-refractivity contribution in [2.45, 2.75) is 39.4 Å². The van der Waals surface area contributed by atoms with E-state index in [1.54, 1.807) is 6.92 Å². The Bertz CT molecular complexity index is 1020. The number of hydrogen-bond donors (Lipinski definition) is 1. The van der Waals surface area contributed by atoms with Gasteiger partial charge in [-0.25, -0.2) is 4.98 Å². The van der Waals surface area contributed by atoms with Gasteiger partial charge in [0.25, 0.3) is 5.91 Å². The molecule has 12 heteroatoms. The van der Waals surface area contributed by atoms with Crippen molar-refractivity contribution in [3.8, 4) is 11.5 Å². The van der Waals surface area contributed by atoms with Crippen LogP contribution in [0.4, 0.5) is 19.0 Å². The maximum Gasteiger partial charge on any atom is 0.471 e. The molecule has 28 heavy (non-hydrogen) atoms. The second kappa shape index (κ2) is 6.69. The van der Waals surface area contributed by atoms with E-state index in [2.05, 4.69) is 35.2 Å². The minimum atomic E-state index is -4.76. The van der Waals surface area contributed by atoms with E-state index in [9.17, 15) is 18.0 Å². The summed E-state index contributed by atoms with van der Waals surface area (Å²) >= 11 is 0. The van der Waals surface area contributed by atoms with Crippen molar-refractivity contribution < 1.29 is 22.5 Å². The highest BCUT2D eigenvalue weighted by Crippen LogP contribution is 2.29. The Morgan fingerprint density at radius 3 is 2.43 bits per heavy atom. The third-order valence-corrected chi connectivity index (χ3v) is 3.49. The second-order valence-corrected chi connectivity index (χ2v) is 6.88. The van der Waals surface area contributed by atoms with Crippen LogP contribution in [0.15, 0.2) is 22.7 Å². The molecule has 3 heterocycles. The van der Waals surface area contributed by atoms with Gasteiger partial charge in [-0.3, -0.25) is 4.79 Å². The number of aryl methyl sites for hydroxylation is 1. The molecule has 0 spiro atoms. The summed E-state index contributed by atoms with van der Waals surface area (Å²) in [5.41, 5.74) is 0.140. The van der Waals surface area contributed by atoms with E-state index in [0.717, 1.165) is 0 Å². The van der Waals surface area contributed by atoms with Crippen LogP contribution in [0.3, 0.4) is 0 Å². The van der Waals surface area contributed by atoms with Gasteiger partial charge in [-0.2, -0.15) is 28.1 Å². The number of nitrogens with one attached hydrogen (secondary N) is 1. The molecule has 148 valence electrons. The van der Waals surface area contributed by atoms with Crippen molar-refractivity contribution >= 4 is 11.7 Å². The monoisotopic (exact) mass is 395 g/mol. The Balaban J connectivity index is 1.83. The molecule has 0 aliphatic rings. The molecule has 1 N–H and O–H groups in total. The van der Waals surface area contributed by atoms with Gasteiger partial charge in [-0.15, -0.1) is 5.10 Å². The van der Waals surface area contributed by atoms with Crippen molar-refractivity contribution in [3.05, 3.63) is 35.5 Å². The molecule has 0 unspecified atom stereocenters. The fourth-order valence-corrected chi connectivity index (χ4v) is 2.14. The van der Waals surface area contributed by atoms with Crippen LogP contribution in [0.1, 0.15) is 42.8 Å². The van der Waals surface area contributed by atoms with Crippen molar-refractivity contribution in [1.82, 2.24) is 30.1 Å². The van der Waals surface area contributed by atoms with Crippen LogP contribution in [0.25, 0.3) is 11.5 Å². The number of aromatic nitrogens is 6. The number of rotatable bonds is 3. The van der Waals surface area contributed by atoms with Gasteiger partial charge < -0.3 is 9.84 Å². The summed E-state index contributed by atoms with van der Waals surface area (Å²) in [4.78, 5) is 21.2. The predicted octanol–water partition coefficient (Wildman–Crippen LogP) is 3.06. The molecule has 0 atom stereocenters. The lowest BCUT2D eigenvalue weighted by molar-refractivity contribution is -0.159. The Hall–Kier alpha value is -3.31. The molecule has 3 aromatic heterocycles. The van der Waals surface area contributed by atoms with Crippen LogP contribution >= 0.6 is 0 Å². The van der Waals surface area contributed by atoms with Crippen LogP contribution in [0.2, 0.25) is 0 Å². The van der Waals surface area contributed by atoms with E-state index < -0.39 is 23.5 Å². The van der Waals surface area contributed by atoms with Gasteiger partial charge in [-0.1, -0.05) is 11.2 Å². The Labute approximate surface area is 157 Å². The zero-order valence-electron chi connectivity index (χ0n) is 15.4. The lowest BCUT2D eigenvalue weighted by atomic mass is 10.1. The number of amides is 1. The molecule has 0 saturated carbocycles. The molecule has 9 nitrogen and oxygen atoms in total. The highest BCUT2D eigenvalue weighted by Gasteiger charge is 2.38. The normalized spacial score (nSPS) is 12.2. The molecule has 1 amide bonds. The highest BCUT2D eigenvalue weighted by atomic mass is 19.4. The summed E-state index contributed by atoms with van der Waals surface area (Å²) in [6.45, 7) is 7.31. The molecule has 0 aliphatic carbocycles. The maximum atomic E-state index is 12.6. The number of nitrogens with zero attached hydrogens (tertiary/aromatic N) is 6. The standard InChI is InChI=1S/C16H16F3N7O2/c1-8-11(24-26(23-8)15(2,3)4)13(27)21-10-7-5-6-9(20-10)12-22-14(28-25-12)16(17,18)19/h5-7H,1-4H3,(H,20,21,27). The number of anilines is 1. The summed E-state index contributed by atoms with van der Waals surface area (Å²) in [7, 11) is 0. The van der Waals surface area contributed by atoms with Gasteiger partial charge in [0.15, 0.2) is 5.69 Å². The first-order valence-corrected chi connectivity index (χ1v) is 8.09. The van der Waals surface area contributed by atoms with Gasteiger partial charge in [0.1, 0.15) is 11.5 Å². The van der Waals surface area contributed by atoms with Gasteiger partial charge in [-0.05, 0) is 39.8 Å². The number of halogens is 3.